The predicted molar refractivity (Wildman–Crippen MR) is 97.5 cm³/mol. The molecule has 6 N–H and O–H groups in total. The summed E-state index contributed by atoms with van der Waals surface area (Å²) in [6.45, 7) is 4.85. The molecule has 3 rings (SSSR count). The number of anilines is 2. The van der Waals surface area contributed by atoms with E-state index in [1.54, 1.807) is 14.0 Å². The number of rotatable bonds is 5. The van der Waals surface area contributed by atoms with Crippen LogP contribution in [0.25, 0.3) is 11.2 Å². The fraction of sp³-hybridized carbons (Fsp3) is 0.467. The van der Waals surface area contributed by atoms with E-state index >= 15 is 0 Å². The molecule has 3 heterocycles. The summed E-state index contributed by atoms with van der Waals surface area (Å²) >= 11 is 0. The summed E-state index contributed by atoms with van der Waals surface area (Å²) in [5.41, 5.74) is 6.56. The number of hydrogen-bond donors (Lipinski definition) is 4. The highest BCUT2D eigenvalue weighted by atomic mass is 16.6. The van der Waals surface area contributed by atoms with E-state index in [-0.39, 0.29) is 18.4 Å². The van der Waals surface area contributed by atoms with Crippen molar-refractivity contribution in [2.24, 2.45) is 10.8 Å². The van der Waals surface area contributed by atoms with Crippen LogP contribution in [0.4, 0.5) is 11.8 Å². The second-order valence-corrected chi connectivity index (χ2v) is 5.89. The van der Waals surface area contributed by atoms with Crippen molar-refractivity contribution in [3.63, 3.8) is 0 Å². The second-order valence-electron chi connectivity index (χ2n) is 5.89. The van der Waals surface area contributed by atoms with Gasteiger partial charge in [0.05, 0.1) is 12.9 Å². The lowest BCUT2D eigenvalue weighted by molar-refractivity contribution is -0.0506. The highest BCUT2D eigenvalue weighted by molar-refractivity contribution is 5.83. The van der Waals surface area contributed by atoms with Crippen molar-refractivity contribution in [3.05, 3.63) is 19.1 Å². The zero-order valence-electron chi connectivity index (χ0n) is 14.9. The van der Waals surface area contributed by atoms with Gasteiger partial charge in [0.15, 0.2) is 29.7 Å². The first-order valence-corrected chi connectivity index (χ1v) is 8.12. The summed E-state index contributed by atoms with van der Waals surface area (Å²) in [4.78, 5) is 16.5. The normalized spacial score (nSPS) is 25.7. The van der Waals surface area contributed by atoms with E-state index in [0.717, 1.165) is 5.01 Å². The molecule has 0 bridgehead atoms. The summed E-state index contributed by atoms with van der Waals surface area (Å²) in [5, 5.41) is 21.4. The van der Waals surface area contributed by atoms with Crippen molar-refractivity contribution in [1.82, 2.24) is 19.5 Å². The number of aliphatic hydroxyl groups excluding tert-OH is 2. The summed E-state index contributed by atoms with van der Waals surface area (Å²) < 4.78 is 12.9. The monoisotopic (exact) mass is 378 g/mol. The maximum atomic E-state index is 10.7. The number of ether oxygens (including phenoxy) is 2. The Morgan fingerprint density at radius 1 is 1.56 bits per heavy atom. The van der Waals surface area contributed by atoms with Gasteiger partial charge in [-0.25, -0.2) is 10.8 Å². The smallest absolute Gasteiger partial charge is 0.248 e. The molecule has 1 fully saturated rings. The SMILES string of the molecule is C=CN(N)c1nc(N)c2ncn(C3OC(CO)C(OC(C)=NC)C3O)c2n1. The van der Waals surface area contributed by atoms with Crippen LogP contribution in [0.3, 0.4) is 0 Å². The maximum absolute atomic E-state index is 10.7. The lowest BCUT2D eigenvalue weighted by Crippen LogP contribution is -2.37. The van der Waals surface area contributed by atoms with Crippen molar-refractivity contribution in [3.8, 4) is 0 Å². The quantitative estimate of drug-likeness (QED) is 0.217. The number of hydrogen-bond acceptors (Lipinski definition) is 11. The Kier molecular flexibility index (Phi) is 5.23. The van der Waals surface area contributed by atoms with E-state index in [1.165, 1.54) is 17.1 Å². The van der Waals surface area contributed by atoms with E-state index < -0.39 is 24.5 Å². The molecular weight excluding hydrogens is 356 g/mol. The molecule has 0 spiro atoms. The molecule has 4 atom stereocenters. The molecular formula is C15H22N8O4. The van der Waals surface area contributed by atoms with Gasteiger partial charge in [-0.2, -0.15) is 9.97 Å². The number of nitrogen functional groups attached to an aromatic ring is 1. The summed E-state index contributed by atoms with van der Waals surface area (Å²) in [7, 11) is 1.56. The van der Waals surface area contributed by atoms with E-state index in [9.17, 15) is 10.2 Å². The van der Waals surface area contributed by atoms with Gasteiger partial charge in [0.1, 0.15) is 17.7 Å². The molecule has 1 aliphatic rings. The van der Waals surface area contributed by atoms with E-state index in [1.807, 2.05) is 0 Å². The summed E-state index contributed by atoms with van der Waals surface area (Å²) in [6, 6.07) is 0. The van der Waals surface area contributed by atoms with Crippen LogP contribution in [0.1, 0.15) is 13.2 Å². The van der Waals surface area contributed by atoms with Crippen LogP contribution in [0.5, 0.6) is 0 Å². The first-order valence-electron chi connectivity index (χ1n) is 8.12. The number of fused-ring (bicyclic) bond motifs is 1. The standard InChI is InChI=1S/C15H22N8O4/c1-4-23(17)15-20-12(16)9-13(21-15)22(6-19-9)14-10(25)11(8(5-24)27-14)26-7(2)18-3/h4,6,8,10-11,14,24-25H,1,5,17H2,2-3H3,(H2,16,20,21). The van der Waals surface area contributed by atoms with Gasteiger partial charge in [-0.3, -0.25) is 14.6 Å². The van der Waals surface area contributed by atoms with Crippen LogP contribution in [-0.4, -0.2) is 67.6 Å². The number of imidazole rings is 1. The van der Waals surface area contributed by atoms with Gasteiger partial charge in [0.25, 0.3) is 0 Å². The fourth-order valence-electron chi connectivity index (χ4n) is 2.80. The van der Waals surface area contributed by atoms with Crippen LogP contribution >= 0.6 is 0 Å². The molecule has 2 aromatic rings. The number of nitrogens with two attached hydrogens (primary N) is 2. The minimum atomic E-state index is -1.12. The number of aliphatic hydroxyl groups is 2. The Labute approximate surface area is 154 Å². The van der Waals surface area contributed by atoms with Crippen LogP contribution in [0, 0.1) is 0 Å². The van der Waals surface area contributed by atoms with Crippen LogP contribution < -0.4 is 16.6 Å². The minimum Gasteiger partial charge on any atom is -0.472 e. The highest BCUT2D eigenvalue weighted by Gasteiger charge is 2.47. The molecule has 0 amide bonds. The summed E-state index contributed by atoms with van der Waals surface area (Å²) in [5.74, 6) is 6.32. The molecule has 0 aliphatic carbocycles. The van der Waals surface area contributed by atoms with Crippen LogP contribution in [0.2, 0.25) is 0 Å². The Morgan fingerprint density at radius 2 is 2.30 bits per heavy atom. The topological polar surface area (TPSA) is 170 Å². The average Bonchev–Trinajstić information content (AvgIpc) is 3.22. The fourth-order valence-corrected chi connectivity index (χ4v) is 2.80. The Hall–Kier alpha value is -2.80. The first kappa shape index (κ1) is 19.0. The van der Waals surface area contributed by atoms with Crippen molar-refractivity contribution >= 4 is 28.8 Å². The van der Waals surface area contributed by atoms with Crippen LogP contribution in [-0.2, 0) is 9.47 Å². The third-order valence-corrected chi connectivity index (χ3v) is 4.25. The third-order valence-electron chi connectivity index (χ3n) is 4.25. The first-order chi connectivity index (χ1) is 12.9. The molecule has 12 heteroatoms. The zero-order chi connectivity index (χ0) is 19.7. The predicted octanol–water partition coefficient (Wildman–Crippen LogP) is -1.08. The van der Waals surface area contributed by atoms with Crippen molar-refractivity contribution in [2.45, 2.75) is 31.5 Å². The van der Waals surface area contributed by atoms with E-state index in [0.29, 0.717) is 17.1 Å². The minimum absolute atomic E-state index is 0.102. The van der Waals surface area contributed by atoms with Crippen molar-refractivity contribution in [1.29, 1.82) is 0 Å². The van der Waals surface area contributed by atoms with Gasteiger partial charge in [0.2, 0.25) is 5.95 Å². The molecule has 0 saturated carbocycles. The zero-order valence-corrected chi connectivity index (χ0v) is 14.9. The third kappa shape index (κ3) is 3.30. The largest absolute Gasteiger partial charge is 0.472 e. The van der Waals surface area contributed by atoms with Crippen LogP contribution in [0.15, 0.2) is 24.1 Å². The average molecular weight is 378 g/mol. The van der Waals surface area contributed by atoms with Gasteiger partial charge in [-0.1, -0.05) is 6.58 Å². The number of hydrazine groups is 1. The molecule has 1 saturated heterocycles. The molecule has 4 unspecified atom stereocenters. The second kappa shape index (κ2) is 7.44. The number of aliphatic imine (C=N–C) groups is 1. The Balaban J connectivity index is 2.01. The van der Waals surface area contributed by atoms with Crippen molar-refractivity contribution < 1.29 is 19.7 Å². The molecule has 2 aromatic heterocycles. The number of aromatic nitrogens is 4. The lowest BCUT2D eigenvalue weighted by Gasteiger charge is -2.20. The highest BCUT2D eigenvalue weighted by Crippen LogP contribution is 2.34. The van der Waals surface area contributed by atoms with Gasteiger partial charge in [-0.05, 0) is 0 Å². The molecule has 0 radical (unpaired) electrons. The van der Waals surface area contributed by atoms with E-state index in [2.05, 4.69) is 26.5 Å². The Bertz CT molecular complexity index is 869. The maximum Gasteiger partial charge on any atom is 0.248 e. The van der Waals surface area contributed by atoms with Gasteiger partial charge in [-0.15, -0.1) is 0 Å². The van der Waals surface area contributed by atoms with Gasteiger partial charge < -0.3 is 25.4 Å². The lowest BCUT2D eigenvalue weighted by atomic mass is 10.1. The number of nitrogens with zero attached hydrogens (tertiary/aromatic N) is 6. The Morgan fingerprint density at radius 3 is 2.93 bits per heavy atom. The molecule has 12 nitrogen and oxygen atoms in total. The van der Waals surface area contributed by atoms with Gasteiger partial charge in [0, 0.05) is 20.2 Å². The molecule has 27 heavy (non-hydrogen) atoms. The molecule has 146 valence electrons. The summed E-state index contributed by atoms with van der Waals surface area (Å²) in [6.07, 6.45) is -0.889. The van der Waals surface area contributed by atoms with E-state index in [4.69, 9.17) is 21.1 Å². The van der Waals surface area contributed by atoms with Crippen molar-refractivity contribution in [2.75, 3.05) is 24.4 Å². The van der Waals surface area contributed by atoms with Gasteiger partial charge >= 0.3 is 0 Å². The molecule has 0 aromatic carbocycles. The molecule has 1 aliphatic heterocycles.